The van der Waals surface area contributed by atoms with Gasteiger partial charge >= 0.3 is 0 Å². The molecule has 3 N–H and O–H groups in total. The van der Waals surface area contributed by atoms with Crippen LogP contribution in [0.15, 0.2) is 36.5 Å². The second-order valence-corrected chi connectivity index (χ2v) is 7.15. The fourth-order valence-electron chi connectivity index (χ4n) is 3.29. The van der Waals surface area contributed by atoms with Crippen LogP contribution in [0.2, 0.25) is 0 Å². The van der Waals surface area contributed by atoms with E-state index in [-0.39, 0.29) is 17.7 Å². The van der Waals surface area contributed by atoms with E-state index in [1.165, 1.54) is 13.8 Å². The van der Waals surface area contributed by atoms with E-state index in [1.807, 2.05) is 30.3 Å². The molecule has 1 aromatic heterocycles. The molecule has 3 amide bonds. The van der Waals surface area contributed by atoms with E-state index in [2.05, 4.69) is 20.9 Å². The Hall–Kier alpha value is -3.42. The molecule has 152 valence electrons. The van der Waals surface area contributed by atoms with Crippen molar-refractivity contribution in [2.24, 2.45) is 0 Å². The summed E-state index contributed by atoms with van der Waals surface area (Å²) in [6.45, 7) is 5.27. The number of aromatic nitrogens is 1. The van der Waals surface area contributed by atoms with Gasteiger partial charge in [-0.25, -0.2) is 4.98 Å². The topological polar surface area (TPSA) is 109 Å². The lowest BCUT2D eigenvalue weighted by Gasteiger charge is -2.22. The minimum atomic E-state index is -1.09. The van der Waals surface area contributed by atoms with Gasteiger partial charge in [-0.15, -0.1) is 0 Å². The lowest BCUT2D eigenvalue weighted by molar-refractivity contribution is -0.134. The summed E-state index contributed by atoms with van der Waals surface area (Å²) >= 11 is 0. The van der Waals surface area contributed by atoms with Crippen molar-refractivity contribution in [3.8, 4) is 17.0 Å². The zero-order valence-electron chi connectivity index (χ0n) is 16.7. The normalized spacial score (nSPS) is 17.1. The van der Waals surface area contributed by atoms with Gasteiger partial charge in [0.05, 0.1) is 0 Å². The Kier molecular flexibility index (Phi) is 5.81. The van der Waals surface area contributed by atoms with Crippen LogP contribution < -0.4 is 20.7 Å². The highest BCUT2D eigenvalue weighted by atomic mass is 16.5. The summed E-state index contributed by atoms with van der Waals surface area (Å²) in [5.74, 6) is -0.134. The van der Waals surface area contributed by atoms with E-state index < -0.39 is 5.60 Å². The van der Waals surface area contributed by atoms with Crippen molar-refractivity contribution in [3.05, 3.63) is 42.1 Å². The van der Waals surface area contributed by atoms with Crippen molar-refractivity contribution < 1.29 is 19.1 Å². The molecule has 1 aliphatic rings. The summed E-state index contributed by atoms with van der Waals surface area (Å²) in [4.78, 5) is 39.2. The van der Waals surface area contributed by atoms with Gasteiger partial charge < -0.3 is 20.7 Å². The summed E-state index contributed by atoms with van der Waals surface area (Å²) in [7, 11) is 0. The molecule has 1 atom stereocenters. The lowest BCUT2D eigenvalue weighted by Crippen LogP contribution is -2.49. The third-order valence-electron chi connectivity index (χ3n) is 4.61. The number of pyridine rings is 1. The van der Waals surface area contributed by atoms with Crippen molar-refractivity contribution in [2.75, 3.05) is 18.4 Å². The third-order valence-corrected chi connectivity index (χ3v) is 4.61. The van der Waals surface area contributed by atoms with Gasteiger partial charge in [0.2, 0.25) is 17.7 Å². The molecule has 0 aliphatic carbocycles. The Labute approximate surface area is 169 Å². The Morgan fingerprint density at radius 2 is 1.86 bits per heavy atom. The molecule has 0 radical (unpaired) electrons. The number of hydrogen-bond acceptors (Lipinski definition) is 5. The molecule has 0 saturated heterocycles. The molecule has 3 rings (SSSR count). The SMILES string of the molecule is CC(=O)NCCNC(=O)C1(C)Cc2c(-c3cccc(NC(C)=O)c3)ccnc2O1. The fraction of sp³-hybridized carbons (Fsp3) is 0.333. The maximum absolute atomic E-state index is 12.7. The highest BCUT2D eigenvalue weighted by molar-refractivity contribution is 5.90. The van der Waals surface area contributed by atoms with E-state index in [1.54, 1.807) is 13.1 Å². The Balaban J connectivity index is 1.78. The minimum Gasteiger partial charge on any atom is -0.461 e. The van der Waals surface area contributed by atoms with Crippen molar-refractivity contribution in [2.45, 2.75) is 32.8 Å². The number of fused-ring (bicyclic) bond motifs is 1. The first-order valence-corrected chi connectivity index (χ1v) is 9.36. The van der Waals surface area contributed by atoms with E-state index >= 15 is 0 Å². The molecule has 1 unspecified atom stereocenters. The number of ether oxygens (including phenoxy) is 1. The summed E-state index contributed by atoms with van der Waals surface area (Å²) in [5.41, 5.74) is 2.24. The molecule has 0 saturated carbocycles. The monoisotopic (exact) mass is 396 g/mol. The first-order valence-electron chi connectivity index (χ1n) is 9.36. The Morgan fingerprint density at radius 3 is 2.59 bits per heavy atom. The van der Waals surface area contributed by atoms with Gasteiger partial charge in [-0.1, -0.05) is 12.1 Å². The van der Waals surface area contributed by atoms with Crippen LogP contribution >= 0.6 is 0 Å². The number of carbonyl (C=O) groups excluding carboxylic acids is 3. The summed E-state index contributed by atoms with van der Waals surface area (Å²) < 4.78 is 5.91. The average molecular weight is 396 g/mol. The standard InChI is InChI=1S/C21H24N4O4/c1-13(26)22-9-10-24-20(28)21(3)12-18-17(7-8-23-19(18)29-21)15-5-4-6-16(11-15)25-14(2)27/h4-8,11H,9-10,12H2,1-3H3,(H,22,26)(H,24,28)(H,25,27). The van der Waals surface area contributed by atoms with E-state index in [9.17, 15) is 14.4 Å². The van der Waals surface area contributed by atoms with Crippen LogP contribution in [-0.2, 0) is 20.8 Å². The molecular formula is C21H24N4O4. The molecule has 0 fully saturated rings. The van der Waals surface area contributed by atoms with E-state index in [4.69, 9.17) is 4.74 Å². The first-order chi connectivity index (χ1) is 13.8. The van der Waals surface area contributed by atoms with Gasteiger partial charge in [0, 0.05) is 50.8 Å². The number of amides is 3. The maximum atomic E-state index is 12.7. The molecule has 29 heavy (non-hydrogen) atoms. The van der Waals surface area contributed by atoms with Crippen molar-refractivity contribution >= 4 is 23.4 Å². The van der Waals surface area contributed by atoms with E-state index in [0.29, 0.717) is 31.1 Å². The summed E-state index contributed by atoms with van der Waals surface area (Å²) in [6.07, 6.45) is 2.00. The smallest absolute Gasteiger partial charge is 0.264 e. The molecule has 8 nitrogen and oxygen atoms in total. The number of benzene rings is 1. The predicted molar refractivity (Wildman–Crippen MR) is 108 cm³/mol. The van der Waals surface area contributed by atoms with Gasteiger partial charge in [0.15, 0.2) is 5.60 Å². The van der Waals surface area contributed by atoms with Crippen LogP contribution in [-0.4, -0.2) is 41.4 Å². The second-order valence-electron chi connectivity index (χ2n) is 7.15. The van der Waals surface area contributed by atoms with Crippen LogP contribution in [0.3, 0.4) is 0 Å². The molecule has 2 heterocycles. The fourth-order valence-corrected chi connectivity index (χ4v) is 3.29. The van der Waals surface area contributed by atoms with Crippen LogP contribution in [0.1, 0.15) is 26.3 Å². The molecule has 1 aromatic carbocycles. The summed E-state index contributed by atoms with van der Waals surface area (Å²) in [6, 6.07) is 9.35. The second kappa shape index (κ2) is 8.30. The molecular weight excluding hydrogens is 372 g/mol. The molecule has 8 heteroatoms. The molecule has 0 bridgehead atoms. The first kappa shape index (κ1) is 20.3. The highest BCUT2D eigenvalue weighted by Gasteiger charge is 2.43. The van der Waals surface area contributed by atoms with Gasteiger partial charge in [-0.05, 0) is 36.2 Å². The number of carbonyl (C=O) groups is 3. The zero-order valence-corrected chi connectivity index (χ0v) is 16.7. The number of rotatable bonds is 6. The van der Waals surface area contributed by atoms with E-state index in [0.717, 1.165) is 16.7 Å². The van der Waals surface area contributed by atoms with Gasteiger partial charge in [0.25, 0.3) is 5.91 Å². The largest absolute Gasteiger partial charge is 0.461 e. The Bertz CT molecular complexity index is 959. The van der Waals surface area contributed by atoms with Crippen LogP contribution in [0.25, 0.3) is 11.1 Å². The number of nitrogens with one attached hydrogen (secondary N) is 3. The number of hydrogen-bond donors (Lipinski definition) is 3. The third kappa shape index (κ3) is 4.71. The van der Waals surface area contributed by atoms with Gasteiger partial charge in [-0.3, -0.25) is 14.4 Å². The van der Waals surface area contributed by atoms with Crippen molar-refractivity contribution in [1.29, 1.82) is 0 Å². The van der Waals surface area contributed by atoms with Crippen LogP contribution in [0.4, 0.5) is 5.69 Å². The number of anilines is 1. The lowest BCUT2D eigenvalue weighted by atomic mass is 9.93. The van der Waals surface area contributed by atoms with Crippen molar-refractivity contribution in [1.82, 2.24) is 15.6 Å². The van der Waals surface area contributed by atoms with Gasteiger partial charge in [0.1, 0.15) is 0 Å². The minimum absolute atomic E-state index is 0.144. The van der Waals surface area contributed by atoms with Crippen LogP contribution in [0, 0.1) is 0 Å². The van der Waals surface area contributed by atoms with Gasteiger partial charge in [-0.2, -0.15) is 0 Å². The summed E-state index contributed by atoms with van der Waals surface area (Å²) in [5, 5.41) is 8.20. The maximum Gasteiger partial charge on any atom is 0.264 e. The average Bonchev–Trinajstić information content (AvgIpc) is 3.02. The highest BCUT2D eigenvalue weighted by Crippen LogP contribution is 2.40. The number of nitrogens with zero attached hydrogens (tertiary/aromatic N) is 1. The predicted octanol–water partition coefficient (Wildman–Crippen LogP) is 1.65. The van der Waals surface area contributed by atoms with Crippen molar-refractivity contribution in [3.63, 3.8) is 0 Å². The molecule has 2 aromatic rings. The van der Waals surface area contributed by atoms with Crippen LogP contribution in [0.5, 0.6) is 5.88 Å². The Morgan fingerprint density at radius 1 is 1.10 bits per heavy atom. The molecule has 0 spiro atoms. The molecule has 1 aliphatic heterocycles. The quantitative estimate of drug-likeness (QED) is 0.644. The zero-order chi connectivity index (χ0) is 21.0.